The number of aliphatic carboxylic acids is 1. The van der Waals surface area contributed by atoms with Crippen molar-refractivity contribution in [1.82, 2.24) is 34.9 Å². The third-order valence-corrected chi connectivity index (χ3v) is 25.0. The fraction of sp³-hybridized carbons (Fsp3) is 0.0603. The van der Waals surface area contributed by atoms with Gasteiger partial charge in [-0.2, -0.15) is 0 Å². The molecule has 1 aliphatic rings. The van der Waals surface area contributed by atoms with Crippen LogP contribution in [0.25, 0.3) is 156 Å². The van der Waals surface area contributed by atoms with Gasteiger partial charge in [0.1, 0.15) is 17.1 Å². The highest BCUT2D eigenvalue weighted by Crippen LogP contribution is 2.45. The van der Waals surface area contributed by atoms with E-state index >= 15 is 0 Å². The van der Waals surface area contributed by atoms with Gasteiger partial charge in [-0.05, 0) is 116 Å². The van der Waals surface area contributed by atoms with Gasteiger partial charge in [0.2, 0.25) is 11.6 Å². The van der Waals surface area contributed by atoms with Crippen LogP contribution in [0.1, 0.15) is 65.7 Å². The average Bonchev–Trinajstić information content (AvgIpc) is 1.55. The van der Waals surface area contributed by atoms with E-state index in [-0.39, 0.29) is 6.15 Å². The van der Waals surface area contributed by atoms with E-state index in [1.165, 1.54) is 0 Å². The van der Waals surface area contributed by atoms with Crippen LogP contribution in [0, 0.1) is 0 Å². The number of H-pyrrole nitrogens is 1. The molecule has 0 unspecified atom stereocenters. The molecule has 0 amide bonds. The van der Waals surface area contributed by atoms with Crippen LogP contribution in [0.3, 0.4) is 0 Å². The number of pyridine rings is 2. The number of aromatic amines is 1. The fourth-order valence-electron chi connectivity index (χ4n) is 16.6. The second-order valence-corrected chi connectivity index (χ2v) is 35.1. The summed E-state index contributed by atoms with van der Waals surface area (Å²) in [5, 5.41) is 17.4. The van der Waals surface area contributed by atoms with Crippen LogP contribution in [0.5, 0.6) is 0 Å². The number of nitrogens with zero attached hydrogens (tertiary/aromatic N) is 5. The Balaban J connectivity index is 0.000000126. The minimum atomic E-state index is -0.833. The molecule has 6 heterocycles. The molecule has 668 valence electrons. The molecule has 1 aliphatic heterocycles. The first kappa shape index (κ1) is 94.2. The highest BCUT2D eigenvalue weighted by molar-refractivity contribution is 6.62. The zero-order valence-electron chi connectivity index (χ0n) is 74.6. The van der Waals surface area contributed by atoms with Crippen LogP contribution >= 0.6 is 58.0 Å². The number of carboxylic acids is 1. The lowest BCUT2D eigenvalue weighted by Crippen LogP contribution is -2.41. The second-order valence-electron chi connectivity index (χ2n) is 33.0. The summed E-state index contributed by atoms with van der Waals surface area (Å²) in [6, 6.07) is 135. The van der Waals surface area contributed by atoms with E-state index in [0.29, 0.717) is 36.8 Å². The minimum Gasteiger partial charge on any atom is -0.481 e. The van der Waals surface area contributed by atoms with Gasteiger partial charge >= 0.3 is 7.12 Å². The number of rotatable bonds is 14. The first-order valence-corrected chi connectivity index (χ1v) is 45.6. The Labute approximate surface area is 812 Å². The Morgan fingerprint density at radius 1 is 0.346 bits per heavy atom. The van der Waals surface area contributed by atoms with Crippen LogP contribution in [0.2, 0.25) is 25.1 Å². The number of hydrogen-bond donors (Lipinski definition) is 3. The number of benzene rings is 16. The number of hydrogen-bond acceptors (Lipinski definition) is 10. The van der Waals surface area contributed by atoms with Gasteiger partial charge in [0.25, 0.3) is 5.97 Å². The van der Waals surface area contributed by atoms with Crippen molar-refractivity contribution in [3.05, 3.63) is 454 Å². The Morgan fingerprint density at radius 2 is 0.676 bits per heavy atom. The molecular formula is C116H89BCl5N7O7. The summed E-state index contributed by atoms with van der Waals surface area (Å²) in [7, 11) is -0.421. The lowest BCUT2D eigenvalue weighted by atomic mass is 9.78. The number of Topliss-reactive ketones (excluding diaryl/α,β-unsaturated/α-hetero) is 2. The van der Waals surface area contributed by atoms with Crippen molar-refractivity contribution in [1.29, 1.82) is 0 Å². The molecule has 136 heavy (non-hydrogen) atoms. The number of fused-ring (bicyclic) bond motifs is 12. The van der Waals surface area contributed by atoms with Gasteiger partial charge in [0, 0.05) is 120 Å². The normalized spacial score (nSPS) is 12.2. The van der Waals surface area contributed by atoms with Gasteiger partial charge < -0.3 is 25.5 Å². The summed E-state index contributed by atoms with van der Waals surface area (Å²) in [6.45, 7) is 9.46. The molecule has 21 aromatic rings. The second kappa shape index (κ2) is 42.1. The van der Waals surface area contributed by atoms with E-state index in [1.54, 1.807) is 78.9 Å². The zero-order chi connectivity index (χ0) is 93.9. The number of carboxylic acid groups (broad SMARTS) is 1. The molecule has 0 aliphatic carbocycles. The van der Waals surface area contributed by atoms with Crippen LogP contribution in [0.4, 0.5) is 0 Å². The minimum absolute atomic E-state index is 0. The maximum absolute atomic E-state index is 11.8. The van der Waals surface area contributed by atoms with Gasteiger partial charge in [0.15, 0.2) is 6.29 Å². The molecule has 20 heteroatoms. The number of halogens is 5. The van der Waals surface area contributed by atoms with Gasteiger partial charge in [-0.25, -0.2) is 15.0 Å². The summed E-state index contributed by atoms with van der Waals surface area (Å²) in [4.78, 5) is 62.6. The average molecular weight is 1880 g/mol. The molecule has 14 nitrogen and oxygen atoms in total. The molecule has 1 saturated heterocycles. The number of carbonyl (C=O) groups is 4. The molecule has 5 N–H and O–H groups in total. The standard InChI is InChI=1S/C33H29BN2O2.C27H18Cl2N2.C27H17ClN2.C14H10O2.C13H8Cl2O.C2H4O2.H3N/c1-32(2)33(3,4)38-34(37-32)24-19-20-28-27(21-24)25-17-11-12-18-26(25)31-35-29(22-13-7-5-8-14-22)30(36(28)31)23-15-9-6-10-16-23;28-20-15-16-24(29)23(17-20)21-13-7-8-14-22(21)27-30-25(18-9-3-1-4-10-18)26(31-27)19-11-5-2-6-12-19;28-20-15-16-24-23(17-20)21-13-7-8-14-22(21)27-29-25(18-9-3-1-4-10-18)26(30(24)27)19-11-5-2-6-12-19;15-13(11-7-3-1-4-8-11)14(16)12-9-5-2-6-10-12;14-10-5-6-13(15)12(7-10)11-4-2-1-3-9(11)8-16;1-2(3)4;/h5-21H,1-4H3;1-17H,(H,30,31);1-17H;1-10H;1-8H;1H3,(H,3,4);1H3. The maximum Gasteiger partial charge on any atom is 0.494 e. The Kier molecular flexibility index (Phi) is 29.2. The molecule has 0 bridgehead atoms. The van der Waals surface area contributed by atoms with E-state index < -0.39 is 35.9 Å². The van der Waals surface area contributed by atoms with Crippen molar-refractivity contribution in [2.75, 3.05) is 0 Å². The third-order valence-electron chi connectivity index (χ3n) is 23.6. The van der Waals surface area contributed by atoms with Crippen molar-refractivity contribution >= 4 is 149 Å². The molecule has 0 spiro atoms. The van der Waals surface area contributed by atoms with Gasteiger partial charge in [-0.1, -0.05) is 410 Å². The lowest BCUT2D eigenvalue weighted by molar-refractivity contribution is -0.134. The SMILES string of the molecule is CC(=O)O.CC1(C)OB(c2ccc3c(c2)c2ccccc2c2nc(-c4ccccc4)c(-c4ccccc4)n32)OC1(C)C.Clc1ccc(Cl)c(-c2ccccc2-c2nc(-c3ccccc3)c(-c3ccccc3)[nH]2)c1.Clc1ccc2c(c1)c1ccccc1c1nc(-c3ccccc3)c(-c3ccccc3)n21.N.O=C(C(=O)c1ccccc1)c1ccccc1.O=Cc1ccccc1-c1cc(Cl)ccc1Cl. The highest BCUT2D eigenvalue weighted by atomic mass is 35.5. The highest BCUT2D eigenvalue weighted by Gasteiger charge is 2.52. The molecule has 0 saturated carbocycles. The van der Waals surface area contributed by atoms with Gasteiger partial charge in [0.05, 0.1) is 56.4 Å². The number of imidazole rings is 3. The molecule has 0 radical (unpaired) electrons. The fourth-order valence-corrected chi connectivity index (χ4v) is 17.5. The van der Waals surface area contributed by atoms with Crippen LogP contribution in [0.15, 0.2) is 413 Å². The predicted octanol–water partition coefficient (Wildman–Crippen LogP) is 30.8. The van der Waals surface area contributed by atoms with Crippen molar-refractivity contribution in [3.63, 3.8) is 0 Å². The van der Waals surface area contributed by atoms with E-state index in [9.17, 15) is 14.4 Å². The summed E-state index contributed by atoms with van der Waals surface area (Å²) in [5.74, 6) is -0.983. The number of aldehydes is 1. The molecule has 5 aromatic heterocycles. The van der Waals surface area contributed by atoms with Crippen LogP contribution < -0.4 is 11.6 Å². The summed E-state index contributed by atoms with van der Waals surface area (Å²) in [5.41, 5.74) is 22.8. The zero-order valence-corrected chi connectivity index (χ0v) is 78.4. The summed E-state index contributed by atoms with van der Waals surface area (Å²) in [6.07, 6.45) is 0.812. The van der Waals surface area contributed by atoms with E-state index in [1.807, 2.05) is 121 Å². The molecular weight excluding hydrogens is 1790 g/mol. The van der Waals surface area contributed by atoms with Gasteiger partial charge in [-0.15, -0.1) is 0 Å². The Morgan fingerprint density at radius 3 is 1.11 bits per heavy atom. The molecule has 16 aromatic carbocycles. The van der Waals surface area contributed by atoms with E-state index in [2.05, 4.69) is 254 Å². The Bertz CT molecular complexity index is 7790. The lowest BCUT2D eigenvalue weighted by Gasteiger charge is -2.32. The summed E-state index contributed by atoms with van der Waals surface area (Å²) < 4.78 is 17.4. The molecule has 1 fully saturated rings. The number of aromatic nitrogens is 6. The molecule has 0 atom stereocenters. The van der Waals surface area contributed by atoms with Crippen LogP contribution in [-0.4, -0.2) is 76.0 Å². The smallest absolute Gasteiger partial charge is 0.481 e. The van der Waals surface area contributed by atoms with Crippen molar-refractivity contribution in [2.45, 2.75) is 45.8 Å². The monoisotopic (exact) mass is 1880 g/mol. The molecule has 22 rings (SSSR count). The number of ketones is 2. The number of carbonyl (C=O) groups excluding carboxylic acids is 3. The maximum atomic E-state index is 11.8. The van der Waals surface area contributed by atoms with Crippen molar-refractivity contribution < 1.29 is 33.6 Å². The van der Waals surface area contributed by atoms with Gasteiger partial charge in [-0.3, -0.25) is 28.0 Å². The van der Waals surface area contributed by atoms with Crippen LogP contribution in [-0.2, 0) is 14.1 Å². The van der Waals surface area contributed by atoms with Crippen molar-refractivity contribution in [3.8, 4) is 101 Å². The van der Waals surface area contributed by atoms with Crippen molar-refractivity contribution in [2.24, 2.45) is 0 Å². The first-order valence-electron chi connectivity index (χ1n) is 43.7. The Hall–Kier alpha value is -15.0. The third kappa shape index (κ3) is 20.3. The quantitative estimate of drug-likeness (QED) is 0.0307. The topological polar surface area (TPSA) is 205 Å². The number of nitrogens with one attached hydrogen (secondary N) is 1. The first-order chi connectivity index (χ1) is 65.6. The predicted molar refractivity (Wildman–Crippen MR) is 560 cm³/mol. The largest absolute Gasteiger partial charge is 0.494 e. The van der Waals surface area contributed by atoms with E-state index in [4.69, 9.17) is 92.2 Å². The summed E-state index contributed by atoms with van der Waals surface area (Å²) >= 11 is 31.2. The van der Waals surface area contributed by atoms with E-state index in [0.717, 1.165) is 180 Å².